The third kappa shape index (κ3) is 7.08. The summed E-state index contributed by atoms with van der Waals surface area (Å²) in [6.45, 7) is 5.63. The van der Waals surface area contributed by atoms with E-state index in [2.05, 4.69) is 36.3 Å². The lowest BCUT2D eigenvalue weighted by atomic mass is 9.98. The molecule has 0 spiro atoms. The number of anilines is 1. The molecule has 0 heterocycles. The first kappa shape index (κ1) is 20.2. The summed E-state index contributed by atoms with van der Waals surface area (Å²) in [5, 5.41) is 3.13. The van der Waals surface area contributed by atoms with E-state index in [0.29, 0.717) is 24.5 Å². The van der Waals surface area contributed by atoms with E-state index >= 15 is 0 Å². The predicted molar refractivity (Wildman–Crippen MR) is 109 cm³/mol. The van der Waals surface area contributed by atoms with Gasteiger partial charge >= 0.3 is 0 Å². The first-order chi connectivity index (χ1) is 10.7. The summed E-state index contributed by atoms with van der Waals surface area (Å²) in [4.78, 5) is 4.44. The van der Waals surface area contributed by atoms with Crippen molar-refractivity contribution in [2.24, 2.45) is 16.6 Å². The Morgan fingerprint density at radius 2 is 1.96 bits per heavy atom. The van der Waals surface area contributed by atoms with Gasteiger partial charge in [-0.3, -0.25) is 4.99 Å². The summed E-state index contributed by atoms with van der Waals surface area (Å²) in [7, 11) is 0. The SMILES string of the molecule is CCOC(CCN=C(N)Nc1ccc(C)cc1)C1CCCC1.I. The quantitative estimate of drug-likeness (QED) is 0.384. The second-order valence-electron chi connectivity index (χ2n) is 6.08. The average Bonchev–Trinajstić information content (AvgIpc) is 3.03. The normalized spacial score (nSPS) is 16.9. The van der Waals surface area contributed by atoms with Gasteiger partial charge in [0.25, 0.3) is 0 Å². The van der Waals surface area contributed by atoms with Crippen LogP contribution in [0.1, 0.15) is 44.6 Å². The Hall–Kier alpha value is -0.820. The van der Waals surface area contributed by atoms with E-state index in [0.717, 1.165) is 18.7 Å². The topological polar surface area (TPSA) is 59.6 Å². The van der Waals surface area contributed by atoms with Crippen LogP contribution in [0.15, 0.2) is 29.3 Å². The molecule has 4 nitrogen and oxygen atoms in total. The van der Waals surface area contributed by atoms with E-state index in [1.807, 2.05) is 12.1 Å². The van der Waals surface area contributed by atoms with Gasteiger partial charge in [0.1, 0.15) is 0 Å². The van der Waals surface area contributed by atoms with Crippen molar-refractivity contribution >= 4 is 35.6 Å². The molecule has 130 valence electrons. The zero-order valence-electron chi connectivity index (χ0n) is 14.3. The number of guanidine groups is 1. The minimum Gasteiger partial charge on any atom is -0.378 e. The Morgan fingerprint density at radius 1 is 1.30 bits per heavy atom. The van der Waals surface area contributed by atoms with E-state index in [1.165, 1.54) is 31.2 Å². The van der Waals surface area contributed by atoms with Gasteiger partial charge in [0.05, 0.1) is 6.10 Å². The van der Waals surface area contributed by atoms with Crippen molar-refractivity contribution in [1.29, 1.82) is 0 Å². The molecule has 1 aromatic carbocycles. The number of rotatable bonds is 7. The molecule has 0 bridgehead atoms. The fraction of sp³-hybridized carbons (Fsp3) is 0.611. The van der Waals surface area contributed by atoms with Crippen LogP contribution in [0.3, 0.4) is 0 Å². The maximum Gasteiger partial charge on any atom is 0.193 e. The Balaban J connectivity index is 0.00000264. The van der Waals surface area contributed by atoms with Crippen LogP contribution >= 0.6 is 24.0 Å². The van der Waals surface area contributed by atoms with Gasteiger partial charge in [-0.1, -0.05) is 30.5 Å². The van der Waals surface area contributed by atoms with Crippen molar-refractivity contribution in [3.8, 4) is 0 Å². The lowest BCUT2D eigenvalue weighted by Gasteiger charge is -2.22. The van der Waals surface area contributed by atoms with Gasteiger partial charge in [-0.15, -0.1) is 24.0 Å². The molecule has 2 rings (SSSR count). The van der Waals surface area contributed by atoms with Crippen LogP contribution in [0.2, 0.25) is 0 Å². The van der Waals surface area contributed by atoms with Crippen molar-refractivity contribution in [2.75, 3.05) is 18.5 Å². The molecule has 1 fully saturated rings. The van der Waals surface area contributed by atoms with E-state index in [-0.39, 0.29) is 24.0 Å². The second kappa shape index (κ2) is 10.9. The highest BCUT2D eigenvalue weighted by atomic mass is 127. The Kier molecular flexibility index (Phi) is 9.55. The zero-order valence-corrected chi connectivity index (χ0v) is 16.6. The minimum atomic E-state index is 0. The molecule has 0 aromatic heterocycles. The predicted octanol–water partition coefficient (Wildman–Crippen LogP) is 4.33. The highest BCUT2D eigenvalue weighted by molar-refractivity contribution is 14.0. The van der Waals surface area contributed by atoms with Crippen LogP contribution in [0.5, 0.6) is 0 Å². The maximum atomic E-state index is 5.96. The van der Waals surface area contributed by atoms with Gasteiger partial charge in [-0.05, 0) is 51.2 Å². The molecule has 23 heavy (non-hydrogen) atoms. The summed E-state index contributed by atoms with van der Waals surface area (Å²) < 4.78 is 5.91. The van der Waals surface area contributed by atoms with E-state index in [9.17, 15) is 0 Å². The molecule has 0 amide bonds. The van der Waals surface area contributed by atoms with Gasteiger partial charge in [-0.2, -0.15) is 0 Å². The van der Waals surface area contributed by atoms with Crippen molar-refractivity contribution in [3.63, 3.8) is 0 Å². The monoisotopic (exact) mass is 431 g/mol. The molecule has 1 atom stereocenters. The van der Waals surface area contributed by atoms with E-state index in [4.69, 9.17) is 10.5 Å². The number of nitrogens with two attached hydrogens (primary N) is 1. The molecule has 1 unspecified atom stereocenters. The third-order valence-electron chi connectivity index (χ3n) is 4.33. The fourth-order valence-electron chi connectivity index (χ4n) is 3.13. The minimum absolute atomic E-state index is 0. The summed E-state index contributed by atoms with van der Waals surface area (Å²) in [5.74, 6) is 1.19. The highest BCUT2D eigenvalue weighted by Crippen LogP contribution is 2.30. The number of nitrogens with zero attached hydrogens (tertiary/aromatic N) is 1. The molecular weight excluding hydrogens is 401 g/mol. The molecular formula is C18H30IN3O. The number of halogens is 1. The Labute approximate surface area is 157 Å². The van der Waals surface area contributed by atoms with E-state index < -0.39 is 0 Å². The molecule has 1 aliphatic carbocycles. The number of benzene rings is 1. The Bertz CT molecular complexity index is 470. The van der Waals surface area contributed by atoms with Gasteiger partial charge in [-0.25, -0.2) is 0 Å². The molecule has 1 aromatic rings. The molecule has 1 saturated carbocycles. The van der Waals surface area contributed by atoms with Gasteiger partial charge in [0.15, 0.2) is 5.96 Å². The highest BCUT2D eigenvalue weighted by Gasteiger charge is 2.24. The second-order valence-corrected chi connectivity index (χ2v) is 6.08. The van der Waals surface area contributed by atoms with Crippen molar-refractivity contribution < 1.29 is 4.74 Å². The zero-order chi connectivity index (χ0) is 15.8. The lowest BCUT2D eigenvalue weighted by molar-refractivity contribution is 0.0178. The fourth-order valence-corrected chi connectivity index (χ4v) is 3.13. The number of hydrogen-bond donors (Lipinski definition) is 2. The van der Waals surface area contributed by atoms with Gasteiger partial charge in [0, 0.05) is 18.8 Å². The van der Waals surface area contributed by atoms with Crippen LogP contribution in [0.25, 0.3) is 0 Å². The van der Waals surface area contributed by atoms with Crippen molar-refractivity contribution in [2.45, 2.75) is 52.1 Å². The summed E-state index contributed by atoms with van der Waals surface area (Å²) in [6, 6.07) is 8.14. The largest absolute Gasteiger partial charge is 0.378 e. The number of hydrogen-bond acceptors (Lipinski definition) is 2. The number of aryl methyl sites for hydroxylation is 1. The molecule has 0 aliphatic heterocycles. The third-order valence-corrected chi connectivity index (χ3v) is 4.33. The van der Waals surface area contributed by atoms with Crippen molar-refractivity contribution in [3.05, 3.63) is 29.8 Å². The average molecular weight is 431 g/mol. The van der Waals surface area contributed by atoms with E-state index in [1.54, 1.807) is 0 Å². The van der Waals surface area contributed by atoms with Crippen molar-refractivity contribution in [1.82, 2.24) is 0 Å². The molecule has 0 saturated heterocycles. The number of nitrogens with one attached hydrogen (secondary N) is 1. The molecule has 1 aliphatic rings. The summed E-state index contributed by atoms with van der Waals surface area (Å²) >= 11 is 0. The first-order valence-corrected chi connectivity index (χ1v) is 8.44. The van der Waals surface area contributed by atoms with Gasteiger partial charge in [0.2, 0.25) is 0 Å². The lowest BCUT2D eigenvalue weighted by Crippen LogP contribution is -2.26. The molecule has 5 heteroatoms. The standard InChI is InChI=1S/C18H29N3O.HI/c1-3-22-17(15-6-4-5-7-15)12-13-20-18(19)21-16-10-8-14(2)9-11-16;/h8-11,15,17H,3-7,12-13H2,1-2H3,(H3,19,20,21);1H. The molecule has 3 N–H and O–H groups in total. The maximum absolute atomic E-state index is 5.96. The van der Waals surface area contributed by atoms with Gasteiger partial charge < -0.3 is 15.8 Å². The van der Waals surface area contributed by atoms with Crippen LogP contribution in [-0.4, -0.2) is 25.2 Å². The molecule has 0 radical (unpaired) electrons. The number of ether oxygens (including phenoxy) is 1. The smallest absolute Gasteiger partial charge is 0.193 e. The van der Waals surface area contributed by atoms with Crippen LogP contribution in [-0.2, 0) is 4.74 Å². The first-order valence-electron chi connectivity index (χ1n) is 8.44. The summed E-state index contributed by atoms with van der Waals surface area (Å²) in [5.41, 5.74) is 8.16. The Morgan fingerprint density at radius 3 is 2.57 bits per heavy atom. The number of aliphatic imine (C=N–C) groups is 1. The van der Waals surface area contributed by atoms with Crippen LogP contribution in [0.4, 0.5) is 5.69 Å². The van der Waals surface area contributed by atoms with Crippen LogP contribution < -0.4 is 11.1 Å². The summed E-state index contributed by atoms with van der Waals surface area (Å²) in [6.07, 6.45) is 6.57. The van der Waals surface area contributed by atoms with Crippen LogP contribution in [0, 0.1) is 12.8 Å².